The van der Waals surface area contributed by atoms with Crippen molar-refractivity contribution in [2.75, 3.05) is 0 Å². The van der Waals surface area contributed by atoms with Gasteiger partial charge in [-0.15, -0.1) is 11.8 Å². The highest BCUT2D eigenvalue weighted by Gasteiger charge is 2.32. The molecule has 1 aliphatic carbocycles. The number of carboxylic acids is 1. The quantitative estimate of drug-likeness (QED) is 0.674. The van der Waals surface area contributed by atoms with Crippen molar-refractivity contribution >= 4 is 17.7 Å². The van der Waals surface area contributed by atoms with Gasteiger partial charge >= 0.3 is 5.97 Å². The minimum absolute atomic E-state index is 0.191. The Labute approximate surface area is 75.3 Å². The topological polar surface area (TPSA) is 37.3 Å². The molecular formula is C9H10O2S. The predicted molar refractivity (Wildman–Crippen MR) is 49.0 cm³/mol. The molecule has 0 bridgehead atoms. The van der Waals surface area contributed by atoms with Crippen LogP contribution in [-0.2, 0) is 4.79 Å². The van der Waals surface area contributed by atoms with Gasteiger partial charge in [0.05, 0.1) is 0 Å². The third kappa shape index (κ3) is 1.18. The molecule has 0 saturated heterocycles. The van der Waals surface area contributed by atoms with E-state index in [-0.39, 0.29) is 5.25 Å². The summed E-state index contributed by atoms with van der Waals surface area (Å²) in [6, 6.07) is 0. The Balaban J connectivity index is 2.24. The van der Waals surface area contributed by atoms with Crippen molar-refractivity contribution in [2.45, 2.75) is 18.1 Å². The molecule has 12 heavy (non-hydrogen) atoms. The van der Waals surface area contributed by atoms with E-state index in [4.69, 9.17) is 5.11 Å². The minimum Gasteiger partial charge on any atom is -0.478 e. The molecule has 1 aliphatic heterocycles. The van der Waals surface area contributed by atoms with E-state index >= 15 is 0 Å². The molecule has 0 fully saturated rings. The van der Waals surface area contributed by atoms with E-state index in [0.717, 1.165) is 12.8 Å². The molecule has 2 nitrogen and oxygen atoms in total. The van der Waals surface area contributed by atoms with Gasteiger partial charge in [-0.3, -0.25) is 0 Å². The fourth-order valence-corrected chi connectivity index (χ4v) is 2.97. The molecule has 0 radical (unpaired) electrons. The number of thioether (sulfide) groups is 1. The van der Waals surface area contributed by atoms with Gasteiger partial charge in [-0.05, 0) is 24.2 Å². The number of hydrogen-bond donors (Lipinski definition) is 1. The zero-order chi connectivity index (χ0) is 8.55. The molecule has 0 aromatic rings. The van der Waals surface area contributed by atoms with Gasteiger partial charge < -0.3 is 5.11 Å². The highest BCUT2D eigenvalue weighted by Crippen LogP contribution is 2.40. The van der Waals surface area contributed by atoms with E-state index in [1.165, 1.54) is 0 Å². The van der Waals surface area contributed by atoms with Crippen LogP contribution < -0.4 is 0 Å². The normalized spacial score (nSPS) is 32.8. The molecule has 2 aliphatic rings. The summed E-state index contributed by atoms with van der Waals surface area (Å²) < 4.78 is 0. The highest BCUT2D eigenvalue weighted by atomic mass is 32.2. The third-order valence-corrected chi connectivity index (χ3v) is 3.57. The first-order valence-corrected chi connectivity index (χ1v) is 4.99. The Bertz CT molecular complexity index is 268. The van der Waals surface area contributed by atoms with E-state index in [9.17, 15) is 4.79 Å². The Morgan fingerprint density at radius 2 is 2.50 bits per heavy atom. The molecule has 1 heterocycles. The van der Waals surface area contributed by atoms with E-state index < -0.39 is 5.97 Å². The van der Waals surface area contributed by atoms with Crippen LogP contribution in [0.25, 0.3) is 0 Å². The molecule has 1 N–H and O–H groups in total. The van der Waals surface area contributed by atoms with Crippen molar-refractivity contribution in [3.05, 3.63) is 23.1 Å². The van der Waals surface area contributed by atoms with Crippen LogP contribution in [0.3, 0.4) is 0 Å². The molecular weight excluding hydrogens is 172 g/mol. The minimum atomic E-state index is -0.749. The summed E-state index contributed by atoms with van der Waals surface area (Å²) in [7, 11) is 0. The largest absolute Gasteiger partial charge is 0.478 e. The summed E-state index contributed by atoms with van der Waals surface area (Å²) in [6.07, 6.45) is 6.01. The van der Waals surface area contributed by atoms with Gasteiger partial charge in [0, 0.05) is 10.8 Å². The lowest BCUT2D eigenvalue weighted by molar-refractivity contribution is -0.132. The molecule has 2 rings (SSSR count). The average molecular weight is 182 g/mol. The first kappa shape index (κ1) is 7.92. The van der Waals surface area contributed by atoms with Gasteiger partial charge in [0.1, 0.15) is 0 Å². The number of fused-ring (bicyclic) bond motifs is 1. The van der Waals surface area contributed by atoms with Crippen molar-refractivity contribution in [3.8, 4) is 0 Å². The van der Waals surface area contributed by atoms with E-state index in [1.54, 1.807) is 11.8 Å². The number of hydrogen-bond acceptors (Lipinski definition) is 2. The van der Waals surface area contributed by atoms with Crippen molar-refractivity contribution in [3.63, 3.8) is 0 Å². The smallest absolute Gasteiger partial charge is 0.332 e. The average Bonchev–Trinajstić information content (AvgIpc) is 2.49. The van der Waals surface area contributed by atoms with E-state index in [0.29, 0.717) is 11.5 Å². The maximum Gasteiger partial charge on any atom is 0.332 e. The Hall–Kier alpha value is -0.700. The maximum atomic E-state index is 10.8. The second kappa shape index (κ2) is 2.98. The number of aliphatic carboxylic acids is 1. The zero-order valence-corrected chi connectivity index (χ0v) is 7.38. The SMILES string of the molecule is O=C(O)C1=CCCC2C=CSC12. The summed E-state index contributed by atoms with van der Waals surface area (Å²) in [4.78, 5) is 10.8. The number of rotatable bonds is 1. The van der Waals surface area contributed by atoms with Gasteiger partial charge in [-0.1, -0.05) is 12.2 Å². The zero-order valence-electron chi connectivity index (χ0n) is 6.56. The lowest BCUT2D eigenvalue weighted by Crippen LogP contribution is -2.23. The van der Waals surface area contributed by atoms with Gasteiger partial charge in [-0.2, -0.15) is 0 Å². The van der Waals surface area contributed by atoms with Crippen molar-refractivity contribution in [1.29, 1.82) is 0 Å². The van der Waals surface area contributed by atoms with Crippen LogP contribution in [0.4, 0.5) is 0 Å². The van der Waals surface area contributed by atoms with E-state index in [2.05, 4.69) is 6.08 Å². The van der Waals surface area contributed by atoms with Gasteiger partial charge in [0.15, 0.2) is 0 Å². The fraction of sp³-hybridized carbons (Fsp3) is 0.444. The maximum absolute atomic E-state index is 10.8. The molecule has 64 valence electrons. The first-order chi connectivity index (χ1) is 5.79. The van der Waals surface area contributed by atoms with Crippen molar-refractivity contribution < 1.29 is 9.90 Å². The van der Waals surface area contributed by atoms with Crippen molar-refractivity contribution in [2.24, 2.45) is 5.92 Å². The number of carboxylic acid groups (broad SMARTS) is 1. The first-order valence-electron chi connectivity index (χ1n) is 4.04. The summed E-state index contributed by atoms with van der Waals surface area (Å²) >= 11 is 1.63. The molecule has 0 aromatic carbocycles. The van der Waals surface area contributed by atoms with Crippen LogP contribution in [-0.4, -0.2) is 16.3 Å². The predicted octanol–water partition coefficient (Wildman–Crippen LogP) is 2.04. The third-order valence-electron chi connectivity index (χ3n) is 2.36. The number of carbonyl (C=O) groups is 1. The Morgan fingerprint density at radius 3 is 3.25 bits per heavy atom. The lowest BCUT2D eigenvalue weighted by atomic mass is 9.88. The fourth-order valence-electron chi connectivity index (χ4n) is 1.74. The molecule has 2 unspecified atom stereocenters. The summed E-state index contributed by atoms with van der Waals surface area (Å²) in [6.45, 7) is 0. The van der Waals surface area contributed by atoms with Crippen LogP contribution in [0.2, 0.25) is 0 Å². The van der Waals surface area contributed by atoms with Gasteiger partial charge in [-0.25, -0.2) is 4.79 Å². The molecule has 3 heteroatoms. The molecule has 2 atom stereocenters. The summed E-state index contributed by atoms with van der Waals surface area (Å²) in [5, 5.41) is 11.1. The van der Waals surface area contributed by atoms with E-state index in [1.807, 2.05) is 11.5 Å². The van der Waals surface area contributed by atoms with Crippen LogP contribution in [0.1, 0.15) is 12.8 Å². The molecule has 0 spiro atoms. The second-order valence-electron chi connectivity index (χ2n) is 3.09. The highest BCUT2D eigenvalue weighted by molar-refractivity contribution is 8.03. The van der Waals surface area contributed by atoms with Crippen LogP contribution in [0, 0.1) is 5.92 Å². The molecule has 0 saturated carbocycles. The number of allylic oxidation sites excluding steroid dienone is 2. The Kier molecular flexibility index (Phi) is 1.97. The standard InChI is InChI=1S/C9H10O2S/c10-9(11)7-3-1-2-6-4-5-12-8(6)7/h3-6,8H,1-2H2,(H,10,11). The van der Waals surface area contributed by atoms with Gasteiger partial charge in [0.25, 0.3) is 0 Å². The Morgan fingerprint density at radius 1 is 1.67 bits per heavy atom. The van der Waals surface area contributed by atoms with Crippen LogP contribution >= 0.6 is 11.8 Å². The molecule has 0 amide bonds. The summed E-state index contributed by atoms with van der Waals surface area (Å²) in [5.41, 5.74) is 0.598. The van der Waals surface area contributed by atoms with Crippen LogP contribution in [0.15, 0.2) is 23.1 Å². The summed E-state index contributed by atoms with van der Waals surface area (Å²) in [5.74, 6) is -0.285. The van der Waals surface area contributed by atoms with Crippen LogP contribution in [0.5, 0.6) is 0 Å². The second-order valence-corrected chi connectivity index (χ2v) is 4.14. The van der Waals surface area contributed by atoms with Gasteiger partial charge in [0.2, 0.25) is 0 Å². The van der Waals surface area contributed by atoms with Crippen molar-refractivity contribution in [1.82, 2.24) is 0 Å². The molecule has 0 aromatic heterocycles. The monoisotopic (exact) mass is 182 g/mol. The lowest BCUT2D eigenvalue weighted by Gasteiger charge is -2.22.